The van der Waals surface area contributed by atoms with E-state index in [2.05, 4.69) is 20.7 Å². The van der Waals surface area contributed by atoms with Gasteiger partial charge in [0.25, 0.3) is 0 Å². The van der Waals surface area contributed by atoms with Crippen LogP contribution in [-0.4, -0.2) is 16.0 Å². The third-order valence-electron chi connectivity index (χ3n) is 2.28. The predicted molar refractivity (Wildman–Crippen MR) is 71.0 cm³/mol. The highest BCUT2D eigenvalue weighted by Gasteiger charge is 2.03. The summed E-state index contributed by atoms with van der Waals surface area (Å²) >= 11 is 1.62. The van der Waals surface area contributed by atoms with E-state index in [1.54, 1.807) is 23.7 Å². The SMILES string of the molecule is CC(N)Cc1csc(NCc2ccncc2)n1. The monoisotopic (exact) mass is 248 g/mol. The Bertz CT molecular complexity index is 453. The average Bonchev–Trinajstić information content (AvgIpc) is 2.75. The molecule has 0 aliphatic carbocycles. The molecule has 3 N–H and O–H groups in total. The summed E-state index contributed by atoms with van der Waals surface area (Å²) in [5.41, 5.74) is 7.99. The zero-order valence-electron chi connectivity index (χ0n) is 9.76. The Morgan fingerprint density at radius 1 is 1.41 bits per heavy atom. The molecule has 0 bridgehead atoms. The maximum Gasteiger partial charge on any atom is 0.183 e. The molecule has 2 rings (SSSR count). The van der Waals surface area contributed by atoms with Crippen molar-refractivity contribution in [1.82, 2.24) is 9.97 Å². The molecule has 2 heterocycles. The van der Waals surface area contributed by atoms with Gasteiger partial charge >= 0.3 is 0 Å². The second-order valence-corrected chi connectivity index (χ2v) is 4.89. The summed E-state index contributed by atoms with van der Waals surface area (Å²) in [7, 11) is 0. The van der Waals surface area contributed by atoms with E-state index < -0.39 is 0 Å². The van der Waals surface area contributed by atoms with Crippen molar-refractivity contribution in [2.45, 2.75) is 25.9 Å². The first-order chi connectivity index (χ1) is 8.24. The van der Waals surface area contributed by atoms with Crippen LogP contribution in [0.25, 0.3) is 0 Å². The highest BCUT2D eigenvalue weighted by atomic mass is 32.1. The summed E-state index contributed by atoms with van der Waals surface area (Å²) in [6, 6.07) is 4.14. The smallest absolute Gasteiger partial charge is 0.183 e. The number of nitrogens with one attached hydrogen (secondary N) is 1. The van der Waals surface area contributed by atoms with Crippen LogP contribution in [0.2, 0.25) is 0 Å². The van der Waals surface area contributed by atoms with Gasteiger partial charge in [0.1, 0.15) is 0 Å². The summed E-state index contributed by atoms with van der Waals surface area (Å²) in [4.78, 5) is 8.46. The van der Waals surface area contributed by atoms with Crippen molar-refractivity contribution < 1.29 is 0 Å². The fourth-order valence-electron chi connectivity index (χ4n) is 1.49. The van der Waals surface area contributed by atoms with Crippen molar-refractivity contribution in [1.29, 1.82) is 0 Å². The number of hydrogen-bond donors (Lipinski definition) is 2. The predicted octanol–water partition coefficient (Wildman–Crippen LogP) is 2.04. The van der Waals surface area contributed by atoms with Gasteiger partial charge in [0.05, 0.1) is 5.69 Å². The summed E-state index contributed by atoms with van der Waals surface area (Å²) in [5, 5.41) is 6.29. The van der Waals surface area contributed by atoms with E-state index in [9.17, 15) is 0 Å². The Morgan fingerprint density at radius 2 is 2.18 bits per heavy atom. The van der Waals surface area contributed by atoms with Crippen LogP contribution in [0.1, 0.15) is 18.2 Å². The summed E-state index contributed by atoms with van der Waals surface area (Å²) in [6.07, 6.45) is 4.41. The molecule has 0 fully saturated rings. The second-order valence-electron chi connectivity index (χ2n) is 4.03. The Kier molecular flexibility index (Phi) is 4.06. The second kappa shape index (κ2) is 5.75. The number of nitrogens with two attached hydrogens (primary N) is 1. The van der Waals surface area contributed by atoms with Gasteiger partial charge in [-0.1, -0.05) is 0 Å². The van der Waals surface area contributed by atoms with E-state index in [4.69, 9.17) is 5.73 Å². The van der Waals surface area contributed by atoms with Gasteiger partial charge in [-0.05, 0) is 24.6 Å². The fourth-order valence-corrected chi connectivity index (χ4v) is 2.21. The molecule has 0 amide bonds. The topological polar surface area (TPSA) is 63.8 Å². The first-order valence-corrected chi connectivity index (χ1v) is 6.45. The standard InChI is InChI=1S/C12H16N4S/c1-9(13)6-11-8-17-12(16-11)15-7-10-2-4-14-5-3-10/h2-5,8-9H,6-7,13H2,1H3,(H,15,16). The molecule has 2 aromatic rings. The minimum atomic E-state index is 0.158. The van der Waals surface area contributed by atoms with E-state index in [1.165, 1.54) is 5.56 Å². The minimum absolute atomic E-state index is 0.158. The normalized spacial score (nSPS) is 12.4. The first-order valence-electron chi connectivity index (χ1n) is 5.57. The zero-order valence-corrected chi connectivity index (χ0v) is 10.6. The minimum Gasteiger partial charge on any atom is -0.357 e. The van der Waals surface area contributed by atoms with Crippen LogP contribution >= 0.6 is 11.3 Å². The highest BCUT2D eigenvalue weighted by Crippen LogP contribution is 2.17. The van der Waals surface area contributed by atoms with E-state index >= 15 is 0 Å². The maximum atomic E-state index is 5.74. The molecule has 4 nitrogen and oxygen atoms in total. The molecule has 0 aliphatic heterocycles. The lowest BCUT2D eigenvalue weighted by Crippen LogP contribution is -2.17. The molecule has 0 saturated heterocycles. The highest BCUT2D eigenvalue weighted by molar-refractivity contribution is 7.13. The number of hydrogen-bond acceptors (Lipinski definition) is 5. The van der Waals surface area contributed by atoms with Crippen molar-refractivity contribution in [3.63, 3.8) is 0 Å². The van der Waals surface area contributed by atoms with Crippen LogP contribution in [0, 0.1) is 0 Å². The van der Waals surface area contributed by atoms with Crippen molar-refractivity contribution >= 4 is 16.5 Å². The molecule has 1 unspecified atom stereocenters. The van der Waals surface area contributed by atoms with Crippen LogP contribution in [0.3, 0.4) is 0 Å². The largest absolute Gasteiger partial charge is 0.357 e. The molecule has 0 spiro atoms. The van der Waals surface area contributed by atoms with Crippen molar-refractivity contribution in [3.05, 3.63) is 41.2 Å². The quantitative estimate of drug-likeness (QED) is 0.850. The Hall–Kier alpha value is -1.46. The number of nitrogens with zero attached hydrogens (tertiary/aromatic N) is 2. The lowest BCUT2D eigenvalue weighted by Gasteiger charge is -2.02. The van der Waals surface area contributed by atoms with E-state index in [0.29, 0.717) is 0 Å². The van der Waals surface area contributed by atoms with Crippen molar-refractivity contribution in [2.75, 3.05) is 5.32 Å². The summed E-state index contributed by atoms with van der Waals surface area (Å²) < 4.78 is 0. The zero-order chi connectivity index (χ0) is 12.1. The Balaban J connectivity index is 1.89. The van der Waals surface area contributed by atoms with Gasteiger partial charge in [-0.3, -0.25) is 4.98 Å². The van der Waals surface area contributed by atoms with Gasteiger partial charge in [0.15, 0.2) is 5.13 Å². The third-order valence-corrected chi connectivity index (χ3v) is 3.12. The molecular formula is C12H16N4S. The van der Waals surface area contributed by atoms with Crippen LogP contribution < -0.4 is 11.1 Å². The van der Waals surface area contributed by atoms with Crippen LogP contribution in [-0.2, 0) is 13.0 Å². The van der Waals surface area contributed by atoms with E-state index in [0.717, 1.165) is 23.8 Å². The number of anilines is 1. The van der Waals surface area contributed by atoms with Gasteiger partial charge in [0, 0.05) is 36.8 Å². The van der Waals surface area contributed by atoms with Gasteiger partial charge in [0.2, 0.25) is 0 Å². The van der Waals surface area contributed by atoms with Gasteiger partial charge in [-0.2, -0.15) is 0 Å². The summed E-state index contributed by atoms with van der Waals surface area (Å²) in [6.45, 7) is 2.76. The molecule has 0 radical (unpaired) electrons. The number of thiazole rings is 1. The molecule has 17 heavy (non-hydrogen) atoms. The van der Waals surface area contributed by atoms with Gasteiger partial charge in [-0.15, -0.1) is 11.3 Å². The molecule has 0 aromatic carbocycles. The number of pyridine rings is 1. The third kappa shape index (κ3) is 3.80. The maximum absolute atomic E-state index is 5.74. The van der Waals surface area contributed by atoms with Gasteiger partial charge in [-0.25, -0.2) is 4.98 Å². The fraction of sp³-hybridized carbons (Fsp3) is 0.333. The van der Waals surface area contributed by atoms with Crippen LogP contribution in [0.15, 0.2) is 29.9 Å². The Labute approximate surface area is 105 Å². The molecule has 90 valence electrons. The van der Waals surface area contributed by atoms with Crippen LogP contribution in [0.5, 0.6) is 0 Å². The molecule has 0 aliphatic rings. The van der Waals surface area contributed by atoms with Crippen molar-refractivity contribution in [2.24, 2.45) is 5.73 Å². The lowest BCUT2D eigenvalue weighted by molar-refractivity contribution is 0.726. The van der Waals surface area contributed by atoms with Crippen LogP contribution in [0.4, 0.5) is 5.13 Å². The van der Waals surface area contributed by atoms with Crippen molar-refractivity contribution in [3.8, 4) is 0 Å². The lowest BCUT2D eigenvalue weighted by atomic mass is 10.2. The molecular weight excluding hydrogens is 232 g/mol. The average molecular weight is 248 g/mol. The first kappa shape index (κ1) is 12.0. The summed E-state index contributed by atoms with van der Waals surface area (Å²) in [5.74, 6) is 0. The number of aromatic nitrogens is 2. The molecule has 1 atom stereocenters. The number of rotatable bonds is 5. The molecule has 0 saturated carbocycles. The van der Waals surface area contributed by atoms with Gasteiger partial charge < -0.3 is 11.1 Å². The molecule has 2 aromatic heterocycles. The Morgan fingerprint density at radius 3 is 2.88 bits per heavy atom. The molecule has 5 heteroatoms. The van der Waals surface area contributed by atoms with E-state index in [-0.39, 0.29) is 6.04 Å². The van der Waals surface area contributed by atoms with E-state index in [1.807, 2.05) is 19.1 Å².